The molecule has 3 aromatic carbocycles. The number of hydrogen-bond acceptors (Lipinski definition) is 20. The molecule has 6 amide bonds. The molecule has 500 valence electrons. The van der Waals surface area contributed by atoms with Crippen molar-refractivity contribution in [3.63, 3.8) is 0 Å². The quantitative estimate of drug-likeness (QED) is 0.0445. The van der Waals surface area contributed by atoms with Gasteiger partial charge >= 0.3 is 22.5 Å². The van der Waals surface area contributed by atoms with Crippen molar-refractivity contribution in [2.75, 3.05) is 48.0 Å². The van der Waals surface area contributed by atoms with Crippen molar-refractivity contribution in [1.29, 1.82) is 0 Å². The highest BCUT2D eigenvalue weighted by Crippen LogP contribution is 2.35. The Morgan fingerprint density at radius 1 is 0.778 bits per heavy atom. The van der Waals surface area contributed by atoms with Crippen LogP contribution in [0.2, 0.25) is 0 Å². The summed E-state index contributed by atoms with van der Waals surface area (Å²) in [6.07, 6.45) is -9.44. The maximum Gasteiger partial charge on any atom is 0.501 e. The van der Waals surface area contributed by atoms with Gasteiger partial charge in [0.25, 0.3) is 5.91 Å². The van der Waals surface area contributed by atoms with Gasteiger partial charge in [0.15, 0.2) is 11.5 Å². The number of nitrogens with zero attached hydrogens (tertiary/aromatic N) is 3. The van der Waals surface area contributed by atoms with Crippen LogP contribution in [-0.2, 0) is 66.3 Å². The molecule has 2 heterocycles. The topological polar surface area (TPSA) is 365 Å². The van der Waals surface area contributed by atoms with E-state index in [0.29, 0.717) is 31.4 Å². The molecule has 27 nitrogen and oxygen atoms in total. The highest BCUT2D eigenvalue weighted by atomic mass is 32.3. The van der Waals surface area contributed by atoms with Gasteiger partial charge in [-0.05, 0) is 79.0 Å². The van der Waals surface area contributed by atoms with Crippen LogP contribution in [0.4, 0.5) is 4.79 Å². The standard InChI is InChI=1S/C62H90N6O21S/c1-13-36(7)51(46(83-11)31-48(70)68-28-18-21-43(68)55(84-12)37(8)56(74)64-42(60(78)79)29-38-19-16-15-17-20-38)66(9)59(77)49(34(3)4)65-58(76)50(35(5)6)67(10)62(80)85-33-39-22-25-41(26-23-39)88-90(81,82)89-45-30-40(57(75)63-14-2)24-27-44(45)86-61-54(73)53(72)52(71)47(32-69)87-61/h15-17,19-20,22-27,30,34-37,42-43,46-47,49-55,61,69,71-73H,13-14,18,21,28-29,31-33H2,1-12H3,(H,63,75)(H,64,74)(H,65,76)(H,78,79)/t36?,37-,42?,43+,46-,47-,49+,50+,51+,52+,53+,54-,55-,61?/m1/s1. The van der Waals surface area contributed by atoms with Crippen molar-refractivity contribution in [3.8, 4) is 17.2 Å². The van der Waals surface area contributed by atoms with Crippen LogP contribution in [-0.4, -0.2) is 211 Å². The largest absolute Gasteiger partial charge is 0.501 e. The number of likely N-dealkylation sites (N-methyl/N-ethyl adjacent to an activating group) is 2. The minimum atomic E-state index is -5.04. The summed E-state index contributed by atoms with van der Waals surface area (Å²) in [5.74, 6) is -7.09. The Morgan fingerprint density at radius 2 is 1.44 bits per heavy atom. The molecule has 0 spiro atoms. The molecular weight excluding hydrogens is 1200 g/mol. The number of aliphatic hydroxyl groups excluding tert-OH is 4. The Balaban J connectivity index is 1.22. The third-order valence-electron chi connectivity index (χ3n) is 16.3. The number of aliphatic hydroxyl groups is 4. The molecule has 2 saturated heterocycles. The minimum absolute atomic E-state index is 0.0680. The number of hydrogen-bond donors (Lipinski definition) is 8. The lowest BCUT2D eigenvalue weighted by molar-refractivity contribution is -0.277. The Morgan fingerprint density at radius 3 is 2.02 bits per heavy atom. The first-order valence-electron chi connectivity index (χ1n) is 30.0. The van der Waals surface area contributed by atoms with E-state index < -0.39 is 155 Å². The average Bonchev–Trinajstić information content (AvgIpc) is 1.16. The lowest BCUT2D eigenvalue weighted by atomic mass is 9.89. The number of ether oxygens (including phenoxy) is 5. The van der Waals surface area contributed by atoms with Crippen LogP contribution in [0, 0.1) is 23.7 Å². The van der Waals surface area contributed by atoms with Gasteiger partial charge in [-0.1, -0.05) is 97.4 Å². The summed E-state index contributed by atoms with van der Waals surface area (Å²) in [4.78, 5) is 100. The zero-order valence-corrected chi connectivity index (χ0v) is 53.9. The van der Waals surface area contributed by atoms with Crippen LogP contribution in [0.15, 0.2) is 72.8 Å². The third-order valence-corrected chi connectivity index (χ3v) is 17.1. The van der Waals surface area contributed by atoms with Crippen molar-refractivity contribution in [2.45, 2.75) is 167 Å². The van der Waals surface area contributed by atoms with E-state index in [0.717, 1.165) is 22.6 Å². The Hall–Kier alpha value is -7.18. The molecular formula is C62H90N6O21S. The number of methoxy groups -OCH3 is 2. The predicted molar refractivity (Wildman–Crippen MR) is 325 cm³/mol. The van der Waals surface area contributed by atoms with Crippen LogP contribution in [0.5, 0.6) is 17.2 Å². The first kappa shape index (κ1) is 73.6. The minimum Gasteiger partial charge on any atom is -0.480 e. The highest BCUT2D eigenvalue weighted by Gasteiger charge is 2.47. The molecule has 3 unspecified atom stereocenters. The number of likely N-dealkylation sites (tertiary alicyclic amines) is 1. The second-order valence-electron chi connectivity index (χ2n) is 23.3. The average molecular weight is 1290 g/mol. The van der Waals surface area contributed by atoms with Gasteiger partial charge in [0.2, 0.25) is 29.9 Å². The molecule has 2 aliphatic rings. The molecule has 2 fully saturated rings. The zero-order chi connectivity index (χ0) is 66.9. The number of carbonyl (C=O) groups is 7. The normalized spacial score (nSPS) is 21.1. The summed E-state index contributed by atoms with van der Waals surface area (Å²) in [6, 6.07) is 12.9. The molecule has 28 heteroatoms. The van der Waals surface area contributed by atoms with E-state index in [1.54, 1.807) is 77.8 Å². The molecule has 0 aliphatic carbocycles. The van der Waals surface area contributed by atoms with Gasteiger partial charge in [-0.3, -0.25) is 28.9 Å². The van der Waals surface area contributed by atoms with Gasteiger partial charge in [-0.25, -0.2) is 9.59 Å². The van der Waals surface area contributed by atoms with Gasteiger partial charge < -0.3 is 83.3 Å². The SMILES string of the molecule is CCNC(=O)c1ccc(OC2O[C@H](CO)[C@H](O)[C@H](O)[C@H]2O)c(OS(=O)(=O)Oc2ccc(COC(=O)N(C)[C@H](C(=O)N[C@H](C(=O)N(C)[C@@H](C(C)CC)[C@@H](CC(=O)N3CCC[C@H]3[C@H](OC)[C@@H](C)C(=O)NC(Cc3ccccc3)C(=O)O)OC)C(C)C)C(C)C)cc2)c1. The van der Waals surface area contributed by atoms with Gasteiger partial charge in [-0.2, -0.15) is 0 Å². The number of rotatable bonds is 32. The fourth-order valence-electron chi connectivity index (χ4n) is 11.2. The maximum atomic E-state index is 14.8. The van der Waals surface area contributed by atoms with Crippen LogP contribution in [0.25, 0.3) is 0 Å². The summed E-state index contributed by atoms with van der Waals surface area (Å²) in [6.45, 7) is 13.6. The van der Waals surface area contributed by atoms with Crippen molar-refractivity contribution in [2.24, 2.45) is 23.7 Å². The van der Waals surface area contributed by atoms with Crippen LogP contribution in [0.3, 0.4) is 0 Å². The van der Waals surface area contributed by atoms with Crippen molar-refractivity contribution >= 4 is 52.0 Å². The van der Waals surface area contributed by atoms with Gasteiger partial charge in [-0.15, -0.1) is 8.42 Å². The van der Waals surface area contributed by atoms with Crippen LogP contribution < -0.4 is 29.1 Å². The second-order valence-corrected chi connectivity index (χ2v) is 24.5. The summed E-state index contributed by atoms with van der Waals surface area (Å²) in [5, 5.41) is 58.8. The van der Waals surface area contributed by atoms with Crippen molar-refractivity contribution < 1.29 is 99.6 Å². The molecule has 0 radical (unpaired) electrons. The van der Waals surface area contributed by atoms with E-state index in [-0.39, 0.29) is 49.1 Å². The van der Waals surface area contributed by atoms with Crippen molar-refractivity contribution in [3.05, 3.63) is 89.5 Å². The number of carboxylic acids is 1. The first-order valence-corrected chi connectivity index (χ1v) is 31.4. The monoisotopic (exact) mass is 1290 g/mol. The molecule has 2 aliphatic heterocycles. The van der Waals surface area contributed by atoms with E-state index in [9.17, 15) is 67.5 Å². The van der Waals surface area contributed by atoms with Crippen molar-refractivity contribution in [1.82, 2.24) is 30.7 Å². The molecule has 0 bridgehead atoms. The van der Waals surface area contributed by atoms with Gasteiger partial charge in [0.1, 0.15) is 54.9 Å². The maximum absolute atomic E-state index is 14.8. The van der Waals surface area contributed by atoms with Crippen LogP contribution >= 0.6 is 0 Å². The zero-order valence-electron chi connectivity index (χ0n) is 53.0. The molecule has 0 saturated carbocycles. The highest BCUT2D eigenvalue weighted by molar-refractivity contribution is 7.82. The van der Waals surface area contributed by atoms with Gasteiger partial charge in [0, 0.05) is 53.4 Å². The number of benzene rings is 3. The second kappa shape index (κ2) is 33.8. The molecule has 3 aromatic rings. The first-order chi connectivity index (χ1) is 42.5. The van der Waals surface area contributed by atoms with Crippen LogP contribution in [0.1, 0.15) is 103 Å². The summed E-state index contributed by atoms with van der Waals surface area (Å²) in [5.41, 5.74) is 1.03. The van der Waals surface area contributed by atoms with E-state index >= 15 is 0 Å². The number of nitrogens with one attached hydrogen (secondary N) is 3. The number of amides is 6. The predicted octanol–water partition coefficient (Wildman–Crippen LogP) is 2.78. The lowest BCUT2D eigenvalue weighted by Gasteiger charge is -2.41. The fourth-order valence-corrected chi connectivity index (χ4v) is 11.9. The number of aliphatic carboxylic acids is 1. The Kier molecular flexibility index (Phi) is 27.6. The number of carbonyl (C=O) groups excluding carboxylic acids is 6. The molecule has 8 N–H and O–H groups in total. The lowest BCUT2D eigenvalue weighted by Crippen LogP contribution is -2.60. The summed E-state index contributed by atoms with van der Waals surface area (Å²) in [7, 11) is 0.826. The molecule has 0 aromatic heterocycles. The Labute approximate surface area is 525 Å². The fraction of sp³-hybridized carbons (Fsp3) is 0.597. The molecule has 90 heavy (non-hydrogen) atoms. The smallest absolute Gasteiger partial charge is 0.480 e. The van der Waals surface area contributed by atoms with E-state index in [1.807, 2.05) is 19.9 Å². The molecule has 14 atom stereocenters. The van der Waals surface area contributed by atoms with Gasteiger partial charge in [0.05, 0.1) is 43.2 Å². The molecule has 5 rings (SSSR count). The Bertz CT molecular complexity index is 2990. The van der Waals surface area contributed by atoms with E-state index in [2.05, 4.69) is 16.0 Å². The summed E-state index contributed by atoms with van der Waals surface area (Å²) < 4.78 is 65.7. The van der Waals surface area contributed by atoms with E-state index in [1.165, 1.54) is 56.5 Å². The number of carboxylic acid groups (broad SMARTS) is 1. The summed E-state index contributed by atoms with van der Waals surface area (Å²) >= 11 is 0. The van der Waals surface area contributed by atoms with E-state index in [4.69, 9.17) is 32.1 Å². The third kappa shape index (κ3) is 19.2.